The summed E-state index contributed by atoms with van der Waals surface area (Å²) in [5.41, 5.74) is 0.244. The van der Waals surface area contributed by atoms with E-state index in [2.05, 4.69) is 10.4 Å². The number of rotatable bonds is 1. The Bertz CT molecular complexity index is 453. The Morgan fingerprint density at radius 2 is 2.12 bits per heavy atom. The molecule has 1 N–H and O–H groups in total. The zero-order chi connectivity index (χ0) is 11.9. The quantitative estimate of drug-likeness (QED) is 0.738. The number of amides is 3. The Hall–Kier alpha value is -1.85. The lowest BCUT2D eigenvalue weighted by Crippen LogP contribution is -2.57. The SMILES string of the molecule is CN1C(=O)NC(=O)CC1(C)c1cnn(C)c1. The van der Waals surface area contributed by atoms with Crippen LogP contribution in [0.3, 0.4) is 0 Å². The number of aryl methyl sites for hydroxylation is 1. The predicted octanol–water partition coefficient (Wildman–Crippen LogP) is 0.207. The molecular weight excluding hydrogens is 208 g/mol. The highest BCUT2D eigenvalue weighted by molar-refractivity contribution is 5.97. The van der Waals surface area contributed by atoms with Gasteiger partial charge in [0.15, 0.2) is 0 Å². The van der Waals surface area contributed by atoms with Gasteiger partial charge in [-0.15, -0.1) is 0 Å². The maximum Gasteiger partial charge on any atom is 0.324 e. The minimum absolute atomic E-state index is 0.251. The van der Waals surface area contributed by atoms with Gasteiger partial charge < -0.3 is 4.90 Å². The van der Waals surface area contributed by atoms with Crippen molar-refractivity contribution in [1.82, 2.24) is 20.0 Å². The summed E-state index contributed by atoms with van der Waals surface area (Å²) in [5.74, 6) is -0.255. The summed E-state index contributed by atoms with van der Waals surface area (Å²) in [6.07, 6.45) is 3.76. The van der Waals surface area contributed by atoms with E-state index in [4.69, 9.17) is 0 Å². The van der Waals surface area contributed by atoms with Crippen molar-refractivity contribution in [2.24, 2.45) is 7.05 Å². The molecule has 2 heterocycles. The van der Waals surface area contributed by atoms with E-state index in [0.29, 0.717) is 0 Å². The lowest BCUT2D eigenvalue weighted by atomic mass is 9.88. The van der Waals surface area contributed by atoms with E-state index < -0.39 is 5.54 Å². The summed E-state index contributed by atoms with van der Waals surface area (Å²) in [6.45, 7) is 1.86. The van der Waals surface area contributed by atoms with Crippen molar-refractivity contribution in [2.45, 2.75) is 18.9 Å². The second-order valence-corrected chi connectivity index (χ2v) is 4.27. The number of imide groups is 1. The molecule has 0 saturated carbocycles. The molecule has 0 radical (unpaired) electrons. The molecule has 6 heteroatoms. The van der Waals surface area contributed by atoms with Crippen LogP contribution in [-0.4, -0.2) is 33.7 Å². The highest BCUT2D eigenvalue weighted by atomic mass is 16.2. The molecule has 1 unspecified atom stereocenters. The number of nitrogens with zero attached hydrogens (tertiary/aromatic N) is 3. The van der Waals surface area contributed by atoms with Gasteiger partial charge >= 0.3 is 6.03 Å². The minimum Gasteiger partial charge on any atom is -0.317 e. The number of aromatic nitrogens is 2. The van der Waals surface area contributed by atoms with Gasteiger partial charge in [-0.2, -0.15) is 5.10 Å². The van der Waals surface area contributed by atoms with E-state index >= 15 is 0 Å². The van der Waals surface area contributed by atoms with Crippen LogP contribution in [0.1, 0.15) is 18.9 Å². The summed E-state index contributed by atoms with van der Waals surface area (Å²) in [4.78, 5) is 24.5. The topological polar surface area (TPSA) is 67.2 Å². The third kappa shape index (κ3) is 1.46. The summed E-state index contributed by atoms with van der Waals surface area (Å²) >= 11 is 0. The third-order valence-electron chi connectivity index (χ3n) is 3.12. The summed E-state index contributed by atoms with van der Waals surface area (Å²) in [5, 5.41) is 6.35. The fraction of sp³-hybridized carbons (Fsp3) is 0.500. The zero-order valence-corrected chi connectivity index (χ0v) is 9.52. The van der Waals surface area contributed by atoms with Crippen molar-refractivity contribution in [2.75, 3.05) is 7.05 Å². The molecular formula is C10H14N4O2. The first-order valence-corrected chi connectivity index (χ1v) is 5.00. The first-order valence-electron chi connectivity index (χ1n) is 5.00. The highest BCUT2D eigenvalue weighted by Crippen LogP contribution is 2.32. The van der Waals surface area contributed by atoms with Crippen LogP contribution < -0.4 is 5.32 Å². The minimum atomic E-state index is -0.617. The van der Waals surface area contributed by atoms with Gasteiger partial charge in [-0.25, -0.2) is 4.79 Å². The van der Waals surface area contributed by atoms with E-state index in [1.807, 2.05) is 13.1 Å². The Morgan fingerprint density at radius 1 is 1.44 bits per heavy atom. The molecule has 86 valence electrons. The van der Waals surface area contributed by atoms with Crippen LogP contribution >= 0.6 is 0 Å². The van der Waals surface area contributed by atoms with Gasteiger partial charge in [0.2, 0.25) is 5.91 Å². The van der Waals surface area contributed by atoms with Gasteiger partial charge in [0.05, 0.1) is 18.2 Å². The normalized spacial score (nSPS) is 25.8. The Balaban J connectivity index is 2.42. The molecule has 0 spiro atoms. The van der Waals surface area contributed by atoms with Crippen LogP contribution in [0.4, 0.5) is 4.79 Å². The third-order valence-corrected chi connectivity index (χ3v) is 3.12. The van der Waals surface area contributed by atoms with Gasteiger partial charge in [0.25, 0.3) is 0 Å². The maximum atomic E-state index is 11.6. The van der Waals surface area contributed by atoms with E-state index in [1.165, 1.54) is 4.90 Å². The molecule has 1 fully saturated rings. The van der Waals surface area contributed by atoms with Crippen molar-refractivity contribution in [1.29, 1.82) is 0 Å². The molecule has 1 aliphatic heterocycles. The van der Waals surface area contributed by atoms with Crippen LogP contribution in [-0.2, 0) is 17.4 Å². The molecule has 1 aromatic rings. The Labute approximate surface area is 93.2 Å². The zero-order valence-electron chi connectivity index (χ0n) is 9.52. The molecule has 1 aliphatic rings. The Morgan fingerprint density at radius 3 is 2.69 bits per heavy atom. The van der Waals surface area contributed by atoms with Crippen molar-refractivity contribution in [3.8, 4) is 0 Å². The number of hydrogen-bond acceptors (Lipinski definition) is 3. The van der Waals surface area contributed by atoms with E-state index in [9.17, 15) is 9.59 Å². The molecule has 1 aromatic heterocycles. The van der Waals surface area contributed by atoms with Gasteiger partial charge in [0, 0.05) is 25.9 Å². The molecule has 6 nitrogen and oxygen atoms in total. The number of nitrogens with one attached hydrogen (secondary N) is 1. The van der Waals surface area contributed by atoms with Gasteiger partial charge in [-0.05, 0) is 6.92 Å². The fourth-order valence-electron chi connectivity index (χ4n) is 1.90. The van der Waals surface area contributed by atoms with Crippen LogP contribution in [0, 0.1) is 0 Å². The first kappa shape index (κ1) is 10.7. The van der Waals surface area contributed by atoms with Crippen molar-refractivity contribution in [3.05, 3.63) is 18.0 Å². The molecule has 0 aliphatic carbocycles. The van der Waals surface area contributed by atoms with Gasteiger partial charge in [-0.3, -0.25) is 14.8 Å². The summed E-state index contributed by atoms with van der Waals surface area (Å²) < 4.78 is 1.66. The molecule has 1 saturated heterocycles. The maximum absolute atomic E-state index is 11.6. The number of urea groups is 1. The average molecular weight is 222 g/mol. The van der Waals surface area contributed by atoms with Gasteiger partial charge in [-0.1, -0.05) is 0 Å². The van der Waals surface area contributed by atoms with Crippen molar-refractivity contribution in [3.63, 3.8) is 0 Å². The van der Waals surface area contributed by atoms with E-state index in [0.717, 1.165) is 5.56 Å². The molecule has 16 heavy (non-hydrogen) atoms. The van der Waals surface area contributed by atoms with Crippen LogP contribution in [0.5, 0.6) is 0 Å². The molecule has 0 aromatic carbocycles. The largest absolute Gasteiger partial charge is 0.324 e. The number of carbonyl (C=O) groups is 2. The van der Waals surface area contributed by atoms with Crippen LogP contribution in [0.2, 0.25) is 0 Å². The molecule has 3 amide bonds. The molecule has 1 atom stereocenters. The second kappa shape index (κ2) is 3.33. The molecule has 2 rings (SSSR count). The smallest absolute Gasteiger partial charge is 0.317 e. The highest BCUT2D eigenvalue weighted by Gasteiger charge is 2.42. The number of hydrogen-bond donors (Lipinski definition) is 1. The molecule has 0 bridgehead atoms. The van der Waals surface area contributed by atoms with E-state index in [1.54, 1.807) is 25.0 Å². The van der Waals surface area contributed by atoms with Crippen molar-refractivity contribution >= 4 is 11.9 Å². The predicted molar refractivity (Wildman–Crippen MR) is 56.5 cm³/mol. The number of carbonyl (C=O) groups excluding carboxylic acids is 2. The van der Waals surface area contributed by atoms with Crippen LogP contribution in [0.25, 0.3) is 0 Å². The lowest BCUT2D eigenvalue weighted by Gasteiger charge is -2.41. The first-order chi connectivity index (χ1) is 7.43. The standard InChI is InChI=1S/C10H14N4O2/c1-10(7-5-11-13(2)6-7)4-8(15)12-9(16)14(10)3/h5-6H,4H2,1-3H3,(H,12,15,16). The fourth-order valence-corrected chi connectivity index (χ4v) is 1.90. The van der Waals surface area contributed by atoms with Gasteiger partial charge in [0.1, 0.15) is 0 Å². The summed E-state index contributed by atoms with van der Waals surface area (Å²) in [6, 6.07) is -0.373. The Kier molecular flexibility index (Phi) is 2.22. The van der Waals surface area contributed by atoms with Crippen LogP contribution in [0.15, 0.2) is 12.4 Å². The summed E-state index contributed by atoms with van der Waals surface area (Å²) in [7, 11) is 3.48. The second-order valence-electron chi connectivity index (χ2n) is 4.27. The van der Waals surface area contributed by atoms with E-state index in [-0.39, 0.29) is 18.4 Å². The average Bonchev–Trinajstić information content (AvgIpc) is 2.61. The monoisotopic (exact) mass is 222 g/mol. The lowest BCUT2D eigenvalue weighted by molar-refractivity contribution is -0.124. The van der Waals surface area contributed by atoms with Crippen molar-refractivity contribution < 1.29 is 9.59 Å².